The first-order chi connectivity index (χ1) is 13.3. The van der Waals surface area contributed by atoms with Crippen molar-refractivity contribution in [3.63, 3.8) is 0 Å². The van der Waals surface area contributed by atoms with Crippen LogP contribution >= 0.6 is 22.9 Å². The fourth-order valence-electron chi connectivity index (χ4n) is 2.21. The number of carbonyl (C=O) groups is 1. The van der Waals surface area contributed by atoms with Crippen molar-refractivity contribution in [2.24, 2.45) is 0 Å². The molecule has 12 heteroatoms. The number of nitro benzene ring substituents is 1. The summed E-state index contributed by atoms with van der Waals surface area (Å²) in [4.78, 5) is 26.6. The maximum Gasteiger partial charge on any atom is 0.283 e. The summed E-state index contributed by atoms with van der Waals surface area (Å²) in [5, 5.41) is 15.6. The van der Waals surface area contributed by atoms with E-state index in [9.17, 15) is 23.3 Å². The molecule has 0 unspecified atom stereocenters. The van der Waals surface area contributed by atoms with Crippen molar-refractivity contribution in [3.8, 4) is 0 Å². The molecule has 144 valence electrons. The quantitative estimate of drug-likeness (QED) is 0.445. The number of rotatable bonds is 6. The Morgan fingerprint density at radius 3 is 2.50 bits per heavy atom. The first-order valence-corrected chi connectivity index (χ1v) is 10.3. The molecular formula is C16H11ClN4O5S2. The average molecular weight is 439 g/mol. The van der Waals surface area contributed by atoms with Gasteiger partial charge in [-0.1, -0.05) is 11.6 Å². The van der Waals surface area contributed by atoms with Gasteiger partial charge in [0.05, 0.1) is 9.82 Å². The molecule has 0 bridgehead atoms. The first-order valence-electron chi connectivity index (χ1n) is 7.54. The number of nitro groups is 1. The topological polar surface area (TPSA) is 131 Å². The van der Waals surface area contributed by atoms with E-state index in [-0.39, 0.29) is 26.3 Å². The van der Waals surface area contributed by atoms with E-state index >= 15 is 0 Å². The van der Waals surface area contributed by atoms with Gasteiger partial charge in [-0.3, -0.25) is 19.6 Å². The van der Waals surface area contributed by atoms with Crippen LogP contribution in [0.5, 0.6) is 0 Å². The number of nitrogens with zero attached hydrogens (tertiary/aromatic N) is 2. The Hall–Kier alpha value is -3.02. The van der Waals surface area contributed by atoms with Crippen LogP contribution in [0.1, 0.15) is 10.4 Å². The molecule has 9 nitrogen and oxygen atoms in total. The number of nitrogens with one attached hydrogen (secondary N) is 2. The second-order valence-corrected chi connectivity index (χ2v) is 8.35. The molecular weight excluding hydrogens is 428 g/mol. The fourth-order valence-corrected chi connectivity index (χ4v) is 4.17. The Morgan fingerprint density at radius 2 is 1.89 bits per heavy atom. The van der Waals surface area contributed by atoms with E-state index in [1.54, 1.807) is 5.38 Å². The third-order valence-corrected chi connectivity index (χ3v) is 5.89. The van der Waals surface area contributed by atoms with Crippen molar-refractivity contribution in [1.29, 1.82) is 0 Å². The smallest absolute Gasteiger partial charge is 0.283 e. The molecule has 0 radical (unpaired) electrons. The van der Waals surface area contributed by atoms with Gasteiger partial charge in [0, 0.05) is 28.4 Å². The van der Waals surface area contributed by atoms with Crippen LogP contribution in [-0.4, -0.2) is 24.2 Å². The number of anilines is 2. The number of aromatic nitrogens is 1. The third-order valence-electron chi connectivity index (χ3n) is 3.48. The van der Waals surface area contributed by atoms with Gasteiger partial charge in [-0.25, -0.2) is 13.4 Å². The minimum absolute atomic E-state index is 0.0295. The number of hydrogen-bond acceptors (Lipinski definition) is 7. The van der Waals surface area contributed by atoms with Gasteiger partial charge in [-0.05, 0) is 36.4 Å². The molecule has 3 rings (SSSR count). The standard InChI is InChI=1S/C16H11ClN4O5S2/c17-10-1-6-13(14(9-10)21(23)24)15(22)19-11-2-4-12(5-3-11)28(25,26)20-16-18-7-8-27-16/h1-9H,(H,18,20)(H,19,22). The zero-order valence-corrected chi connectivity index (χ0v) is 16.2. The maximum absolute atomic E-state index is 12.3. The highest BCUT2D eigenvalue weighted by Gasteiger charge is 2.21. The summed E-state index contributed by atoms with van der Waals surface area (Å²) in [7, 11) is -3.82. The maximum atomic E-state index is 12.3. The number of hydrogen-bond donors (Lipinski definition) is 2. The van der Waals surface area contributed by atoms with E-state index in [0.717, 1.165) is 17.4 Å². The van der Waals surface area contributed by atoms with Crippen molar-refractivity contribution >= 4 is 55.4 Å². The molecule has 0 saturated carbocycles. The molecule has 0 aliphatic rings. The lowest BCUT2D eigenvalue weighted by Gasteiger charge is -2.08. The number of amides is 1. The van der Waals surface area contributed by atoms with Gasteiger partial charge in [0.25, 0.3) is 21.6 Å². The summed E-state index contributed by atoms with van der Waals surface area (Å²) in [6, 6.07) is 9.02. The van der Waals surface area contributed by atoms with Crippen LogP contribution in [0.4, 0.5) is 16.5 Å². The molecule has 28 heavy (non-hydrogen) atoms. The Bertz CT molecular complexity index is 1130. The SMILES string of the molecule is O=C(Nc1ccc(S(=O)(=O)Nc2nccs2)cc1)c1ccc(Cl)cc1[N+](=O)[O-]. The third kappa shape index (κ3) is 4.44. The molecule has 2 aromatic carbocycles. The number of thiazole rings is 1. The highest BCUT2D eigenvalue weighted by atomic mass is 35.5. The average Bonchev–Trinajstić information content (AvgIpc) is 3.14. The predicted octanol–water partition coefficient (Wildman–Crippen LogP) is 3.76. The number of halogens is 1. The van der Waals surface area contributed by atoms with Crippen LogP contribution in [0.2, 0.25) is 5.02 Å². The second-order valence-electron chi connectivity index (χ2n) is 5.34. The van der Waals surface area contributed by atoms with Crippen molar-refractivity contribution < 1.29 is 18.1 Å². The second kappa shape index (κ2) is 7.92. The summed E-state index contributed by atoms with van der Waals surface area (Å²) < 4.78 is 26.9. The number of sulfonamides is 1. The highest BCUT2D eigenvalue weighted by molar-refractivity contribution is 7.93. The summed E-state index contributed by atoms with van der Waals surface area (Å²) in [6.45, 7) is 0. The Morgan fingerprint density at radius 1 is 1.18 bits per heavy atom. The summed E-state index contributed by atoms with van der Waals surface area (Å²) in [5.41, 5.74) is -0.337. The molecule has 0 fully saturated rings. The van der Waals surface area contributed by atoms with Gasteiger partial charge < -0.3 is 5.32 Å². The lowest BCUT2D eigenvalue weighted by Crippen LogP contribution is -2.15. The lowest BCUT2D eigenvalue weighted by molar-refractivity contribution is -0.385. The molecule has 1 amide bonds. The molecule has 0 aliphatic heterocycles. The van der Waals surface area contributed by atoms with Gasteiger partial charge in [-0.2, -0.15) is 0 Å². The highest BCUT2D eigenvalue weighted by Crippen LogP contribution is 2.25. The van der Waals surface area contributed by atoms with Crippen molar-refractivity contribution in [2.45, 2.75) is 4.90 Å². The zero-order chi connectivity index (χ0) is 20.3. The van der Waals surface area contributed by atoms with Crippen LogP contribution in [-0.2, 0) is 10.0 Å². The van der Waals surface area contributed by atoms with Crippen LogP contribution in [0.25, 0.3) is 0 Å². The van der Waals surface area contributed by atoms with Crippen molar-refractivity contribution in [2.75, 3.05) is 10.0 Å². The van der Waals surface area contributed by atoms with E-state index in [2.05, 4.69) is 15.0 Å². The largest absolute Gasteiger partial charge is 0.322 e. The van der Waals surface area contributed by atoms with Gasteiger partial charge in [0.2, 0.25) is 0 Å². The lowest BCUT2D eigenvalue weighted by atomic mass is 10.1. The van der Waals surface area contributed by atoms with Crippen molar-refractivity contribution in [3.05, 3.63) is 74.7 Å². The molecule has 1 aromatic heterocycles. The summed E-state index contributed by atoms with van der Waals surface area (Å²) >= 11 is 6.87. The Kier molecular flexibility index (Phi) is 5.58. The summed E-state index contributed by atoms with van der Waals surface area (Å²) in [5.74, 6) is -0.722. The van der Waals surface area contributed by atoms with Crippen LogP contribution in [0.3, 0.4) is 0 Å². The van der Waals surface area contributed by atoms with E-state index in [0.29, 0.717) is 0 Å². The molecule has 0 spiro atoms. The molecule has 0 saturated heterocycles. The van der Waals surface area contributed by atoms with Crippen molar-refractivity contribution in [1.82, 2.24) is 4.98 Å². The first kappa shape index (κ1) is 19.7. The van der Waals surface area contributed by atoms with E-state index in [1.165, 1.54) is 42.6 Å². The zero-order valence-electron chi connectivity index (χ0n) is 13.8. The Labute approximate surface area is 168 Å². The monoisotopic (exact) mass is 438 g/mol. The predicted molar refractivity (Wildman–Crippen MR) is 105 cm³/mol. The molecule has 0 aliphatic carbocycles. The van der Waals surface area contributed by atoms with E-state index in [1.807, 2.05) is 0 Å². The minimum Gasteiger partial charge on any atom is -0.322 e. The Balaban J connectivity index is 1.78. The number of carbonyl (C=O) groups excluding carboxylic acids is 1. The molecule has 1 heterocycles. The van der Waals surface area contributed by atoms with Crippen LogP contribution < -0.4 is 10.0 Å². The molecule has 3 aromatic rings. The normalized spacial score (nSPS) is 11.0. The number of benzene rings is 2. The van der Waals surface area contributed by atoms with Crippen LogP contribution in [0, 0.1) is 10.1 Å². The van der Waals surface area contributed by atoms with E-state index in [4.69, 9.17) is 11.6 Å². The molecule has 0 atom stereocenters. The van der Waals surface area contributed by atoms with Gasteiger partial charge in [0.1, 0.15) is 5.56 Å². The van der Waals surface area contributed by atoms with E-state index < -0.39 is 26.5 Å². The van der Waals surface area contributed by atoms with Gasteiger partial charge in [0.15, 0.2) is 5.13 Å². The summed E-state index contributed by atoms with van der Waals surface area (Å²) in [6.07, 6.45) is 1.47. The fraction of sp³-hybridized carbons (Fsp3) is 0. The minimum atomic E-state index is -3.82. The molecule has 2 N–H and O–H groups in total. The van der Waals surface area contributed by atoms with Crippen LogP contribution in [0.15, 0.2) is 58.9 Å². The van der Waals surface area contributed by atoms with Gasteiger partial charge in [-0.15, -0.1) is 11.3 Å². The van der Waals surface area contributed by atoms with Gasteiger partial charge >= 0.3 is 0 Å².